The Morgan fingerprint density at radius 2 is 2.25 bits per heavy atom. The summed E-state index contributed by atoms with van der Waals surface area (Å²) in [5.41, 5.74) is 0. The monoisotopic (exact) mass is 169 g/mol. The van der Waals surface area contributed by atoms with Crippen LogP contribution in [-0.2, 0) is 18.0 Å². The van der Waals surface area contributed by atoms with Gasteiger partial charge >= 0.3 is 0 Å². The summed E-state index contributed by atoms with van der Waals surface area (Å²) in [6.07, 6.45) is 4.13. The first-order valence-corrected chi connectivity index (χ1v) is 4.42. The van der Waals surface area contributed by atoms with Crippen LogP contribution in [0.5, 0.6) is 0 Å². The summed E-state index contributed by atoms with van der Waals surface area (Å²) in [7, 11) is 0. The van der Waals surface area contributed by atoms with Crippen LogP contribution < -0.4 is 4.57 Å². The molecule has 68 valence electrons. The van der Waals surface area contributed by atoms with Gasteiger partial charge in [-0.25, -0.2) is 9.13 Å². The van der Waals surface area contributed by atoms with Gasteiger partial charge in [-0.2, -0.15) is 0 Å². The van der Waals surface area contributed by atoms with Gasteiger partial charge in [0.25, 0.3) is 5.82 Å². The lowest BCUT2D eigenvalue weighted by molar-refractivity contribution is -0.737. The molecule has 0 aliphatic rings. The average Bonchev–Trinajstić information content (AvgIpc) is 2.43. The van der Waals surface area contributed by atoms with Crippen LogP contribution in [0.2, 0.25) is 0 Å². The van der Waals surface area contributed by atoms with E-state index in [2.05, 4.69) is 35.4 Å². The molecule has 12 heavy (non-hydrogen) atoms. The van der Waals surface area contributed by atoms with E-state index in [0.29, 0.717) is 6.73 Å². The van der Waals surface area contributed by atoms with E-state index in [9.17, 15) is 0 Å². The zero-order chi connectivity index (χ0) is 8.97. The second kappa shape index (κ2) is 4.26. The Balaban J connectivity index is 2.66. The number of hydrogen-bond donors (Lipinski definition) is 0. The van der Waals surface area contributed by atoms with E-state index in [4.69, 9.17) is 4.74 Å². The zero-order valence-electron chi connectivity index (χ0n) is 8.08. The number of imidazole rings is 1. The molecule has 0 saturated heterocycles. The molecule has 0 N–H and O–H groups in total. The maximum atomic E-state index is 5.31. The van der Waals surface area contributed by atoms with Crippen molar-refractivity contribution in [3.63, 3.8) is 0 Å². The minimum absolute atomic E-state index is 0.662. The molecule has 0 radical (unpaired) electrons. The Morgan fingerprint density at radius 3 is 2.75 bits per heavy atom. The molecule has 0 amide bonds. The van der Waals surface area contributed by atoms with Crippen LogP contribution in [0.3, 0.4) is 0 Å². The van der Waals surface area contributed by atoms with E-state index in [1.807, 2.05) is 6.92 Å². The summed E-state index contributed by atoms with van der Waals surface area (Å²) in [4.78, 5) is 0. The summed E-state index contributed by atoms with van der Waals surface area (Å²) >= 11 is 0. The number of ether oxygens (including phenoxy) is 1. The standard InChI is InChI=1S/C9H17N2O/c1-4-10-6-7-11(9(10)3)8-12-5-2/h6-7H,4-5,8H2,1-3H3/q+1. The van der Waals surface area contributed by atoms with Crippen molar-refractivity contribution in [2.24, 2.45) is 0 Å². The van der Waals surface area contributed by atoms with Crippen molar-refractivity contribution in [3.05, 3.63) is 18.2 Å². The average molecular weight is 169 g/mol. The van der Waals surface area contributed by atoms with Crippen molar-refractivity contribution in [1.29, 1.82) is 0 Å². The fourth-order valence-electron chi connectivity index (χ4n) is 1.20. The number of aromatic nitrogens is 2. The second-order valence-corrected chi connectivity index (χ2v) is 2.72. The third kappa shape index (κ3) is 1.85. The van der Waals surface area contributed by atoms with E-state index >= 15 is 0 Å². The highest BCUT2D eigenvalue weighted by Gasteiger charge is 2.08. The Bertz CT molecular complexity index is 243. The largest absolute Gasteiger partial charge is 0.342 e. The molecule has 0 atom stereocenters. The van der Waals surface area contributed by atoms with E-state index in [0.717, 1.165) is 13.2 Å². The van der Waals surface area contributed by atoms with Gasteiger partial charge in [0.2, 0.25) is 0 Å². The highest BCUT2D eigenvalue weighted by molar-refractivity contribution is 4.78. The first kappa shape index (κ1) is 9.26. The zero-order valence-corrected chi connectivity index (χ0v) is 8.08. The Hall–Kier alpha value is -0.830. The fourth-order valence-corrected chi connectivity index (χ4v) is 1.20. The van der Waals surface area contributed by atoms with Gasteiger partial charge in [0.15, 0.2) is 6.73 Å². The number of aryl methyl sites for hydroxylation is 1. The van der Waals surface area contributed by atoms with Crippen molar-refractivity contribution in [1.82, 2.24) is 4.57 Å². The molecule has 0 spiro atoms. The molecule has 1 aromatic rings. The third-order valence-corrected chi connectivity index (χ3v) is 2.03. The summed E-state index contributed by atoms with van der Waals surface area (Å²) in [6.45, 7) is 8.69. The highest BCUT2D eigenvalue weighted by Crippen LogP contribution is 1.92. The van der Waals surface area contributed by atoms with Crippen molar-refractivity contribution in [3.8, 4) is 0 Å². The van der Waals surface area contributed by atoms with Crippen LogP contribution in [0, 0.1) is 6.92 Å². The molecule has 3 nitrogen and oxygen atoms in total. The minimum Gasteiger partial charge on any atom is -0.342 e. The van der Waals surface area contributed by atoms with Crippen molar-refractivity contribution < 1.29 is 9.30 Å². The van der Waals surface area contributed by atoms with Crippen LogP contribution in [-0.4, -0.2) is 11.2 Å². The van der Waals surface area contributed by atoms with Crippen molar-refractivity contribution in [2.75, 3.05) is 6.61 Å². The predicted molar refractivity (Wildman–Crippen MR) is 46.7 cm³/mol. The maximum absolute atomic E-state index is 5.31. The third-order valence-electron chi connectivity index (χ3n) is 2.03. The smallest absolute Gasteiger partial charge is 0.255 e. The topological polar surface area (TPSA) is 18.0 Å². The van der Waals surface area contributed by atoms with E-state index in [-0.39, 0.29) is 0 Å². The van der Waals surface area contributed by atoms with Crippen LogP contribution in [0.1, 0.15) is 19.7 Å². The number of nitrogens with zero attached hydrogens (tertiary/aromatic N) is 2. The van der Waals surface area contributed by atoms with Crippen LogP contribution >= 0.6 is 0 Å². The molecular formula is C9H17N2O+. The summed E-state index contributed by atoms with van der Waals surface area (Å²) in [5, 5.41) is 0. The van der Waals surface area contributed by atoms with Crippen molar-refractivity contribution in [2.45, 2.75) is 34.0 Å². The van der Waals surface area contributed by atoms with Gasteiger partial charge in [-0.3, -0.25) is 0 Å². The second-order valence-electron chi connectivity index (χ2n) is 2.72. The van der Waals surface area contributed by atoms with E-state index in [1.165, 1.54) is 5.82 Å². The maximum Gasteiger partial charge on any atom is 0.255 e. The lowest BCUT2D eigenvalue weighted by atomic mass is 10.6. The van der Waals surface area contributed by atoms with Gasteiger partial charge < -0.3 is 4.74 Å². The van der Waals surface area contributed by atoms with Crippen LogP contribution in [0.15, 0.2) is 12.4 Å². The quantitative estimate of drug-likeness (QED) is 0.617. The Kier molecular flexibility index (Phi) is 3.29. The van der Waals surface area contributed by atoms with Gasteiger partial charge in [-0.05, 0) is 13.8 Å². The summed E-state index contributed by atoms with van der Waals surface area (Å²) < 4.78 is 9.61. The molecule has 1 heterocycles. The molecule has 0 aliphatic heterocycles. The van der Waals surface area contributed by atoms with Crippen molar-refractivity contribution >= 4 is 0 Å². The normalized spacial score (nSPS) is 10.6. The molecule has 0 aliphatic carbocycles. The number of hydrogen-bond acceptors (Lipinski definition) is 1. The van der Waals surface area contributed by atoms with Gasteiger partial charge in [0.05, 0.1) is 6.54 Å². The Labute approximate surface area is 73.6 Å². The minimum atomic E-state index is 0.662. The Morgan fingerprint density at radius 1 is 1.50 bits per heavy atom. The molecule has 0 saturated carbocycles. The summed E-state index contributed by atoms with van der Waals surface area (Å²) in [6, 6.07) is 0. The van der Waals surface area contributed by atoms with Gasteiger partial charge in [0.1, 0.15) is 12.4 Å². The molecule has 0 fully saturated rings. The van der Waals surface area contributed by atoms with Crippen LogP contribution in [0.4, 0.5) is 0 Å². The lowest BCUT2D eigenvalue weighted by Gasteiger charge is -1.98. The van der Waals surface area contributed by atoms with Gasteiger partial charge in [-0.1, -0.05) is 0 Å². The SMILES string of the molecule is CCOC[n+]1ccn(CC)c1C. The first-order valence-electron chi connectivity index (χ1n) is 4.42. The van der Waals surface area contributed by atoms with Gasteiger partial charge in [0, 0.05) is 13.5 Å². The molecule has 0 unspecified atom stereocenters. The fraction of sp³-hybridized carbons (Fsp3) is 0.667. The van der Waals surface area contributed by atoms with Crippen LogP contribution in [0.25, 0.3) is 0 Å². The van der Waals surface area contributed by atoms with E-state index < -0.39 is 0 Å². The molecule has 0 aromatic carbocycles. The van der Waals surface area contributed by atoms with E-state index in [1.54, 1.807) is 0 Å². The number of rotatable bonds is 4. The summed E-state index contributed by atoms with van der Waals surface area (Å²) in [5.74, 6) is 1.24. The molecule has 0 bridgehead atoms. The van der Waals surface area contributed by atoms with Gasteiger partial charge in [-0.15, -0.1) is 0 Å². The highest BCUT2D eigenvalue weighted by atomic mass is 16.5. The lowest BCUT2D eigenvalue weighted by Crippen LogP contribution is -2.36. The molecule has 3 heteroatoms. The first-order chi connectivity index (χ1) is 5.79. The molecule has 1 aromatic heterocycles. The molecular weight excluding hydrogens is 152 g/mol. The predicted octanol–water partition coefficient (Wildman–Crippen LogP) is 1.10. The molecule has 1 rings (SSSR count).